The summed E-state index contributed by atoms with van der Waals surface area (Å²) >= 11 is 0. The molecule has 0 aromatic carbocycles. The standard InChI is InChI=1S/C12H20O2/c1-3-5-6-7-8-10-9-11(10)12(13)14-4-2/h9,11H,3-8H2,1-2H3/t11-/m0/s1. The van der Waals surface area contributed by atoms with E-state index in [1.807, 2.05) is 13.0 Å². The van der Waals surface area contributed by atoms with Gasteiger partial charge in [-0.15, -0.1) is 0 Å². The van der Waals surface area contributed by atoms with Gasteiger partial charge in [-0.1, -0.05) is 37.8 Å². The number of hydrogen-bond donors (Lipinski definition) is 0. The highest BCUT2D eigenvalue weighted by Crippen LogP contribution is 2.34. The summed E-state index contributed by atoms with van der Waals surface area (Å²) in [6, 6.07) is 0. The molecule has 0 fully saturated rings. The first-order valence-corrected chi connectivity index (χ1v) is 5.66. The fourth-order valence-electron chi connectivity index (χ4n) is 1.61. The monoisotopic (exact) mass is 196 g/mol. The maximum absolute atomic E-state index is 11.2. The van der Waals surface area contributed by atoms with Crippen LogP contribution in [0.4, 0.5) is 0 Å². The molecule has 0 saturated heterocycles. The predicted molar refractivity (Wildman–Crippen MR) is 57.0 cm³/mol. The van der Waals surface area contributed by atoms with Crippen LogP contribution in [0, 0.1) is 5.92 Å². The van der Waals surface area contributed by atoms with E-state index in [0.717, 1.165) is 6.42 Å². The van der Waals surface area contributed by atoms with E-state index in [0.29, 0.717) is 6.61 Å². The Kier molecular flexibility index (Phi) is 4.71. The van der Waals surface area contributed by atoms with Crippen molar-refractivity contribution in [3.8, 4) is 0 Å². The van der Waals surface area contributed by atoms with Gasteiger partial charge >= 0.3 is 5.97 Å². The molecule has 0 bridgehead atoms. The minimum absolute atomic E-state index is 0.0385. The topological polar surface area (TPSA) is 26.3 Å². The minimum atomic E-state index is -0.0574. The smallest absolute Gasteiger partial charge is 0.316 e. The number of carbonyl (C=O) groups excluding carboxylic acids is 1. The lowest BCUT2D eigenvalue weighted by Gasteiger charge is -2.01. The Morgan fingerprint density at radius 2 is 2.14 bits per heavy atom. The normalized spacial score (nSPS) is 19.0. The zero-order valence-electron chi connectivity index (χ0n) is 9.21. The van der Waals surface area contributed by atoms with Gasteiger partial charge in [0.05, 0.1) is 12.5 Å². The third-order valence-electron chi connectivity index (χ3n) is 2.53. The molecule has 1 rings (SSSR count). The van der Waals surface area contributed by atoms with E-state index < -0.39 is 0 Å². The van der Waals surface area contributed by atoms with Crippen LogP contribution in [0.5, 0.6) is 0 Å². The van der Waals surface area contributed by atoms with E-state index in [2.05, 4.69) is 6.92 Å². The lowest BCUT2D eigenvalue weighted by molar-refractivity contribution is -0.144. The number of unbranched alkanes of at least 4 members (excludes halogenated alkanes) is 3. The van der Waals surface area contributed by atoms with E-state index in [9.17, 15) is 4.79 Å². The average Bonchev–Trinajstić information content (AvgIpc) is 2.92. The molecule has 1 aliphatic carbocycles. The first kappa shape index (κ1) is 11.3. The largest absolute Gasteiger partial charge is 0.465 e. The fourth-order valence-corrected chi connectivity index (χ4v) is 1.61. The van der Waals surface area contributed by atoms with E-state index >= 15 is 0 Å². The van der Waals surface area contributed by atoms with Crippen molar-refractivity contribution in [1.82, 2.24) is 0 Å². The summed E-state index contributed by atoms with van der Waals surface area (Å²) in [6.07, 6.45) is 8.18. The van der Waals surface area contributed by atoms with Gasteiger partial charge < -0.3 is 4.74 Å². The van der Waals surface area contributed by atoms with Crippen LogP contribution in [0.1, 0.15) is 46.0 Å². The summed E-state index contributed by atoms with van der Waals surface area (Å²) in [5.74, 6) is -0.0189. The van der Waals surface area contributed by atoms with Crippen LogP contribution < -0.4 is 0 Å². The van der Waals surface area contributed by atoms with Crippen molar-refractivity contribution < 1.29 is 9.53 Å². The zero-order valence-corrected chi connectivity index (χ0v) is 9.21. The van der Waals surface area contributed by atoms with Gasteiger partial charge in [0.15, 0.2) is 0 Å². The molecule has 0 heterocycles. The van der Waals surface area contributed by atoms with Gasteiger partial charge in [0.2, 0.25) is 0 Å². The summed E-state index contributed by atoms with van der Waals surface area (Å²) in [4.78, 5) is 11.2. The summed E-state index contributed by atoms with van der Waals surface area (Å²) in [5, 5.41) is 0. The average molecular weight is 196 g/mol. The third-order valence-corrected chi connectivity index (χ3v) is 2.53. The SMILES string of the molecule is CCCCCCC1=C[C@@H]1C(=O)OCC. The van der Waals surface area contributed by atoms with Crippen molar-refractivity contribution in [3.63, 3.8) is 0 Å². The second-order valence-corrected chi connectivity index (χ2v) is 3.78. The van der Waals surface area contributed by atoms with Gasteiger partial charge in [-0.25, -0.2) is 0 Å². The molecule has 0 spiro atoms. The van der Waals surface area contributed by atoms with Crippen LogP contribution in [0.3, 0.4) is 0 Å². The van der Waals surface area contributed by atoms with Crippen LogP contribution in [0.2, 0.25) is 0 Å². The molecular weight excluding hydrogens is 176 g/mol. The van der Waals surface area contributed by atoms with Crippen molar-refractivity contribution in [2.45, 2.75) is 46.0 Å². The molecule has 1 atom stereocenters. The molecule has 0 saturated carbocycles. The molecule has 0 aliphatic heterocycles. The van der Waals surface area contributed by atoms with Crippen molar-refractivity contribution in [2.75, 3.05) is 6.61 Å². The van der Waals surface area contributed by atoms with E-state index in [1.54, 1.807) is 0 Å². The van der Waals surface area contributed by atoms with Gasteiger partial charge in [-0.3, -0.25) is 4.79 Å². The Balaban J connectivity index is 2.02. The Morgan fingerprint density at radius 1 is 1.36 bits per heavy atom. The van der Waals surface area contributed by atoms with Crippen LogP contribution in [-0.4, -0.2) is 12.6 Å². The Bertz CT molecular complexity index is 218. The van der Waals surface area contributed by atoms with E-state index in [1.165, 1.54) is 31.3 Å². The fraction of sp³-hybridized carbons (Fsp3) is 0.750. The van der Waals surface area contributed by atoms with Crippen molar-refractivity contribution in [1.29, 1.82) is 0 Å². The second-order valence-electron chi connectivity index (χ2n) is 3.78. The molecular formula is C12H20O2. The molecule has 2 heteroatoms. The van der Waals surface area contributed by atoms with Gasteiger partial charge in [-0.05, 0) is 19.8 Å². The number of esters is 1. The minimum Gasteiger partial charge on any atom is -0.465 e. The highest BCUT2D eigenvalue weighted by atomic mass is 16.5. The van der Waals surface area contributed by atoms with Crippen molar-refractivity contribution >= 4 is 5.97 Å². The van der Waals surface area contributed by atoms with Crippen molar-refractivity contribution in [2.24, 2.45) is 5.92 Å². The number of carbonyl (C=O) groups is 1. The summed E-state index contributed by atoms with van der Waals surface area (Å²) in [6.45, 7) is 4.55. The lowest BCUT2D eigenvalue weighted by atomic mass is 10.1. The predicted octanol–water partition coefficient (Wildman–Crippen LogP) is 3.08. The molecule has 0 aromatic heterocycles. The Morgan fingerprint density at radius 3 is 2.79 bits per heavy atom. The van der Waals surface area contributed by atoms with Gasteiger partial charge in [0.25, 0.3) is 0 Å². The molecule has 14 heavy (non-hydrogen) atoms. The highest BCUT2D eigenvalue weighted by Gasteiger charge is 2.32. The van der Waals surface area contributed by atoms with Crippen LogP contribution in [0.15, 0.2) is 11.6 Å². The molecule has 0 aromatic rings. The van der Waals surface area contributed by atoms with Crippen LogP contribution >= 0.6 is 0 Å². The second kappa shape index (κ2) is 5.84. The molecule has 0 N–H and O–H groups in total. The van der Waals surface area contributed by atoms with Crippen molar-refractivity contribution in [3.05, 3.63) is 11.6 Å². The highest BCUT2D eigenvalue weighted by molar-refractivity contribution is 5.83. The maximum Gasteiger partial charge on any atom is 0.316 e. The first-order valence-electron chi connectivity index (χ1n) is 5.66. The van der Waals surface area contributed by atoms with E-state index in [-0.39, 0.29) is 11.9 Å². The summed E-state index contributed by atoms with van der Waals surface area (Å²) in [5.41, 5.74) is 1.29. The van der Waals surface area contributed by atoms with Gasteiger partial charge in [0.1, 0.15) is 0 Å². The van der Waals surface area contributed by atoms with Gasteiger partial charge in [0, 0.05) is 0 Å². The van der Waals surface area contributed by atoms with E-state index in [4.69, 9.17) is 4.74 Å². The van der Waals surface area contributed by atoms with Gasteiger partial charge in [-0.2, -0.15) is 0 Å². The summed E-state index contributed by atoms with van der Waals surface area (Å²) < 4.78 is 4.93. The molecule has 0 amide bonds. The quantitative estimate of drug-likeness (QED) is 0.355. The molecule has 80 valence electrons. The lowest BCUT2D eigenvalue weighted by Crippen LogP contribution is -2.08. The Labute approximate surface area is 86.3 Å². The molecule has 1 aliphatic rings. The molecule has 0 radical (unpaired) electrons. The number of hydrogen-bond acceptors (Lipinski definition) is 2. The number of ether oxygens (including phenoxy) is 1. The molecule has 0 unspecified atom stereocenters. The third kappa shape index (κ3) is 3.52. The maximum atomic E-state index is 11.2. The Hall–Kier alpha value is -0.790. The number of rotatable bonds is 7. The van der Waals surface area contributed by atoms with Crippen LogP contribution in [-0.2, 0) is 9.53 Å². The summed E-state index contributed by atoms with van der Waals surface area (Å²) in [7, 11) is 0. The first-order chi connectivity index (χ1) is 6.79. The van der Waals surface area contributed by atoms with Crippen LogP contribution in [0.25, 0.3) is 0 Å². The molecule has 2 nitrogen and oxygen atoms in total. The zero-order chi connectivity index (χ0) is 10.4.